The van der Waals surface area contributed by atoms with Crippen molar-refractivity contribution in [2.24, 2.45) is 0 Å². The van der Waals surface area contributed by atoms with E-state index in [9.17, 15) is 19.3 Å². The minimum absolute atomic E-state index is 0.117. The summed E-state index contributed by atoms with van der Waals surface area (Å²) in [7, 11) is 0. The van der Waals surface area contributed by atoms with Crippen LogP contribution in [0.4, 0.5) is 15.2 Å². The summed E-state index contributed by atoms with van der Waals surface area (Å²) >= 11 is 7.48. The third kappa shape index (κ3) is 3.38. The van der Waals surface area contributed by atoms with Crippen molar-refractivity contribution in [2.75, 3.05) is 31.1 Å². The Morgan fingerprint density at radius 1 is 1.21 bits per heavy atom. The van der Waals surface area contributed by atoms with Crippen molar-refractivity contribution >= 4 is 49.9 Å². The van der Waals surface area contributed by atoms with Crippen LogP contribution in [0.25, 0.3) is 10.2 Å². The molecule has 1 aliphatic heterocycles. The van der Waals surface area contributed by atoms with Gasteiger partial charge in [0.1, 0.15) is 11.3 Å². The van der Waals surface area contributed by atoms with Gasteiger partial charge in [-0.1, -0.05) is 29.0 Å². The minimum atomic E-state index is -0.558. The fraction of sp³-hybridized carbons (Fsp3) is 0.222. The van der Waals surface area contributed by atoms with E-state index in [0.29, 0.717) is 36.8 Å². The zero-order valence-electron chi connectivity index (χ0n) is 14.5. The molecule has 2 heterocycles. The molecule has 0 unspecified atom stereocenters. The van der Waals surface area contributed by atoms with Gasteiger partial charge in [-0.2, -0.15) is 0 Å². The molecule has 1 saturated heterocycles. The normalized spacial score (nSPS) is 14.5. The first-order chi connectivity index (χ1) is 13.4. The zero-order chi connectivity index (χ0) is 19.8. The molecular weight excluding hydrogens is 407 g/mol. The highest BCUT2D eigenvalue weighted by molar-refractivity contribution is 7.22. The van der Waals surface area contributed by atoms with Crippen LogP contribution in [0.15, 0.2) is 36.4 Å². The summed E-state index contributed by atoms with van der Waals surface area (Å²) in [4.78, 5) is 31.2. The number of anilines is 1. The van der Waals surface area contributed by atoms with Crippen molar-refractivity contribution in [2.45, 2.75) is 0 Å². The summed E-state index contributed by atoms with van der Waals surface area (Å²) in [5.74, 6) is -0.696. The average Bonchev–Trinajstić information content (AvgIpc) is 3.13. The number of thiazole rings is 1. The predicted molar refractivity (Wildman–Crippen MR) is 106 cm³/mol. The maximum Gasteiger partial charge on any atom is 0.270 e. The smallest absolute Gasteiger partial charge is 0.270 e. The Hall–Kier alpha value is -2.78. The highest BCUT2D eigenvalue weighted by Gasteiger charge is 2.26. The number of non-ortho nitro benzene ring substituents is 1. The molecule has 0 atom stereocenters. The van der Waals surface area contributed by atoms with Crippen LogP contribution in [0, 0.1) is 15.9 Å². The number of hydrogen-bond donors (Lipinski definition) is 0. The van der Waals surface area contributed by atoms with E-state index in [4.69, 9.17) is 11.6 Å². The molecule has 1 aromatic heterocycles. The molecule has 0 bridgehead atoms. The molecule has 7 nitrogen and oxygen atoms in total. The van der Waals surface area contributed by atoms with E-state index in [1.807, 2.05) is 11.0 Å². The molecular formula is C18H14ClFN4O3S. The number of benzene rings is 2. The fourth-order valence-electron chi connectivity index (χ4n) is 3.10. The highest BCUT2D eigenvalue weighted by Crippen LogP contribution is 2.31. The third-order valence-electron chi connectivity index (χ3n) is 4.59. The number of carbonyl (C=O) groups excluding carboxylic acids is 1. The lowest BCUT2D eigenvalue weighted by molar-refractivity contribution is -0.384. The van der Waals surface area contributed by atoms with E-state index in [1.54, 1.807) is 11.0 Å². The predicted octanol–water partition coefficient (Wildman–Crippen LogP) is 3.96. The number of nitro groups is 1. The Balaban J connectivity index is 1.49. The minimum Gasteiger partial charge on any atom is -0.345 e. The van der Waals surface area contributed by atoms with E-state index in [1.165, 1.54) is 35.6 Å². The van der Waals surface area contributed by atoms with Gasteiger partial charge < -0.3 is 9.80 Å². The molecule has 10 heteroatoms. The van der Waals surface area contributed by atoms with E-state index in [2.05, 4.69) is 4.98 Å². The first kappa shape index (κ1) is 18.6. The van der Waals surface area contributed by atoms with Crippen LogP contribution in [-0.4, -0.2) is 46.9 Å². The van der Waals surface area contributed by atoms with Crippen LogP contribution >= 0.6 is 22.9 Å². The first-order valence-corrected chi connectivity index (χ1v) is 9.66. The van der Waals surface area contributed by atoms with E-state index in [0.717, 1.165) is 4.70 Å². The monoisotopic (exact) mass is 420 g/mol. The maximum absolute atomic E-state index is 13.9. The number of piperazine rings is 1. The number of aromatic nitrogens is 1. The summed E-state index contributed by atoms with van der Waals surface area (Å²) in [6, 6.07) is 8.68. The number of rotatable bonds is 3. The van der Waals surface area contributed by atoms with Gasteiger partial charge >= 0.3 is 0 Å². The van der Waals surface area contributed by atoms with Crippen LogP contribution < -0.4 is 4.90 Å². The molecule has 1 amide bonds. The summed E-state index contributed by atoms with van der Waals surface area (Å²) in [6.07, 6.45) is 0. The maximum atomic E-state index is 13.9. The van der Waals surface area contributed by atoms with Gasteiger partial charge in [-0.15, -0.1) is 0 Å². The van der Waals surface area contributed by atoms with Gasteiger partial charge in [-0.3, -0.25) is 14.9 Å². The van der Waals surface area contributed by atoms with Gasteiger partial charge in [0, 0.05) is 38.3 Å². The molecule has 1 aliphatic rings. The van der Waals surface area contributed by atoms with Crippen molar-refractivity contribution in [1.82, 2.24) is 9.88 Å². The molecule has 0 radical (unpaired) electrons. The largest absolute Gasteiger partial charge is 0.345 e. The van der Waals surface area contributed by atoms with Gasteiger partial charge in [-0.05, 0) is 18.2 Å². The van der Waals surface area contributed by atoms with E-state index < -0.39 is 4.92 Å². The number of fused-ring (bicyclic) bond motifs is 1. The Morgan fingerprint density at radius 2 is 1.96 bits per heavy atom. The van der Waals surface area contributed by atoms with Gasteiger partial charge in [0.25, 0.3) is 11.6 Å². The lowest BCUT2D eigenvalue weighted by Crippen LogP contribution is -2.48. The molecule has 0 spiro atoms. The molecule has 2 aromatic carbocycles. The van der Waals surface area contributed by atoms with Crippen LogP contribution in [-0.2, 0) is 0 Å². The van der Waals surface area contributed by atoms with Gasteiger partial charge in [0.15, 0.2) is 5.13 Å². The van der Waals surface area contributed by atoms with Gasteiger partial charge in [0.05, 0.1) is 20.2 Å². The topological polar surface area (TPSA) is 79.6 Å². The summed E-state index contributed by atoms with van der Waals surface area (Å²) < 4.78 is 14.6. The highest BCUT2D eigenvalue weighted by atomic mass is 35.5. The molecule has 0 saturated carbocycles. The number of amides is 1. The summed E-state index contributed by atoms with van der Waals surface area (Å²) in [5.41, 5.74) is 0.290. The fourth-order valence-corrected chi connectivity index (χ4v) is 4.33. The SMILES string of the molecule is O=C(c1cc([N+](=O)[O-])ccc1Cl)N1CCN(c2nc3c(F)cccc3s2)CC1. The zero-order valence-corrected chi connectivity index (χ0v) is 16.0. The summed E-state index contributed by atoms with van der Waals surface area (Å²) in [6.45, 7) is 1.88. The first-order valence-electron chi connectivity index (χ1n) is 8.47. The van der Waals surface area contributed by atoms with Crippen molar-refractivity contribution in [1.29, 1.82) is 0 Å². The molecule has 144 valence electrons. The lowest BCUT2D eigenvalue weighted by Gasteiger charge is -2.34. The number of hydrogen-bond acceptors (Lipinski definition) is 6. The summed E-state index contributed by atoms with van der Waals surface area (Å²) in [5, 5.41) is 11.8. The number of halogens is 2. The Labute approximate surface area is 168 Å². The van der Waals surface area contributed by atoms with Crippen molar-refractivity contribution in [3.8, 4) is 0 Å². The quantitative estimate of drug-likeness (QED) is 0.473. The van der Waals surface area contributed by atoms with Crippen molar-refractivity contribution < 1.29 is 14.1 Å². The second-order valence-corrected chi connectivity index (χ2v) is 7.70. The number of nitro benzene ring substituents is 1. The van der Waals surface area contributed by atoms with Crippen LogP contribution in [0.1, 0.15) is 10.4 Å². The number of carbonyl (C=O) groups is 1. The Bertz CT molecular complexity index is 1080. The molecule has 0 N–H and O–H groups in total. The molecule has 28 heavy (non-hydrogen) atoms. The lowest BCUT2D eigenvalue weighted by atomic mass is 10.1. The molecule has 4 rings (SSSR count). The van der Waals surface area contributed by atoms with Crippen LogP contribution in [0.5, 0.6) is 0 Å². The standard InChI is InChI=1S/C18H14ClFN4O3S/c19-13-5-4-11(24(26)27)10-12(13)17(25)22-6-8-23(9-7-22)18-21-16-14(20)2-1-3-15(16)28-18/h1-5,10H,6-9H2. The second-order valence-electron chi connectivity index (χ2n) is 6.28. The van der Waals surface area contributed by atoms with Crippen molar-refractivity contribution in [3.05, 3.63) is 62.9 Å². The molecule has 1 fully saturated rings. The number of para-hydroxylation sites is 1. The molecule has 3 aromatic rings. The van der Waals surface area contributed by atoms with Gasteiger partial charge in [-0.25, -0.2) is 9.37 Å². The van der Waals surface area contributed by atoms with Crippen LogP contribution in [0.2, 0.25) is 5.02 Å². The number of nitrogens with zero attached hydrogens (tertiary/aromatic N) is 4. The third-order valence-corrected chi connectivity index (χ3v) is 6.00. The molecule has 0 aliphatic carbocycles. The van der Waals surface area contributed by atoms with Crippen LogP contribution in [0.3, 0.4) is 0 Å². The van der Waals surface area contributed by atoms with E-state index in [-0.39, 0.29) is 28.0 Å². The Morgan fingerprint density at radius 3 is 2.64 bits per heavy atom. The Kier molecular flexibility index (Phi) is 4.86. The average molecular weight is 421 g/mol. The van der Waals surface area contributed by atoms with Crippen molar-refractivity contribution in [3.63, 3.8) is 0 Å². The second kappa shape index (κ2) is 7.33. The van der Waals surface area contributed by atoms with Gasteiger partial charge in [0.2, 0.25) is 0 Å². The van der Waals surface area contributed by atoms with E-state index >= 15 is 0 Å².